The minimum atomic E-state index is 0.378. The van der Waals surface area contributed by atoms with Gasteiger partial charge in [-0.2, -0.15) is 5.10 Å². The van der Waals surface area contributed by atoms with Crippen molar-refractivity contribution in [3.8, 4) is 5.69 Å². The van der Waals surface area contributed by atoms with E-state index in [9.17, 15) is 0 Å². The Balaban J connectivity index is 2.39. The molecule has 2 aromatic heterocycles. The van der Waals surface area contributed by atoms with E-state index in [4.69, 9.17) is 11.6 Å². The summed E-state index contributed by atoms with van der Waals surface area (Å²) in [6, 6.07) is 10.1. The predicted octanol–water partition coefficient (Wildman–Crippen LogP) is 2.81. The van der Waals surface area contributed by atoms with Crippen LogP contribution in [0.25, 0.3) is 16.9 Å². The molecular weight excluding hydrogens is 248 g/mol. The highest BCUT2D eigenvalue weighted by molar-refractivity contribution is 6.17. The lowest BCUT2D eigenvalue weighted by Gasteiger charge is -2.07. The third kappa shape index (κ3) is 1.53. The van der Waals surface area contributed by atoms with Crippen LogP contribution in [0.5, 0.6) is 0 Å². The smallest absolute Gasteiger partial charge is 0.163 e. The number of aromatic nitrogens is 4. The van der Waals surface area contributed by atoms with Crippen molar-refractivity contribution in [2.24, 2.45) is 7.05 Å². The average molecular weight is 261 g/mol. The van der Waals surface area contributed by atoms with Crippen LogP contribution >= 0.6 is 11.6 Å². The lowest BCUT2D eigenvalue weighted by Crippen LogP contribution is -2.03. The fraction of sp³-hybridized carbons (Fsp3) is 0.231. The second-order valence-electron chi connectivity index (χ2n) is 4.21. The monoisotopic (exact) mass is 260 g/mol. The van der Waals surface area contributed by atoms with Crippen LogP contribution in [0.15, 0.2) is 30.3 Å². The summed E-state index contributed by atoms with van der Waals surface area (Å²) in [5.74, 6) is 1.22. The highest BCUT2D eigenvalue weighted by Gasteiger charge is 2.17. The highest BCUT2D eigenvalue weighted by Crippen LogP contribution is 2.24. The molecule has 3 rings (SSSR count). The molecule has 0 radical (unpaired) electrons. The van der Waals surface area contributed by atoms with E-state index in [-0.39, 0.29) is 0 Å². The Kier molecular flexibility index (Phi) is 2.59. The van der Waals surface area contributed by atoms with E-state index < -0.39 is 0 Å². The van der Waals surface area contributed by atoms with Gasteiger partial charge >= 0.3 is 0 Å². The predicted molar refractivity (Wildman–Crippen MR) is 72.1 cm³/mol. The van der Waals surface area contributed by atoms with Crippen LogP contribution in [0.1, 0.15) is 11.5 Å². The molecule has 0 aliphatic carbocycles. The lowest BCUT2D eigenvalue weighted by atomic mass is 10.3. The van der Waals surface area contributed by atoms with Gasteiger partial charge in [-0.05, 0) is 19.1 Å². The minimum absolute atomic E-state index is 0.378. The van der Waals surface area contributed by atoms with Gasteiger partial charge < -0.3 is 0 Å². The van der Waals surface area contributed by atoms with Crippen molar-refractivity contribution in [1.82, 2.24) is 19.3 Å². The molecule has 3 aromatic rings. The zero-order valence-corrected chi connectivity index (χ0v) is 11.0. The Labute approximate surface area is 110 Å². The minimum Gasteiger partial charge on any atom is -0.280 e. The van der Waals surface area contributed by atoms with Crippen LogP contribution in [0, 0.1) is 6.92 Å². The van der Waals surface area contributed by atoms with Crippen molar-refractivity contribution in [3.63, 3.8) is 0 Å². The first kappa shape index (κ1) is 11.3. The maximum atomic E-state index is 6.00. The number of benzene rings is 1. The number of para-hydroxylation sites is 1. The van der Waals surface area contributed by atoms with E-state index in [1.54, 1.807) is 0 Å². The van der Waals surface area contributed by atoms with E-state index >= 15 is 0 Å². The van der Waals surface area contributed by atoms with Gasteiger partial charge in [0.2, 0.25) is 0 Å². The fourth-order valence-electron chi connectivity index (χ4n) is 2.26. The summed E-state index contributed by atoms with van der Waals surface area (Å²) >= 11 is 6.00. The zero-order chi connectivity index (χ0) is 12.7. The lowest BCUT2D eigenvalue weighted by molar-refractivity contribution is 0.755. The van der Waals surface area contributed by atoms with E-state index in [0.717, 1.165) is 28.4 Å². The van der Waals surface area contributed by atoms with Gasteiger partial charge in [-0.15, -0.1) is 11.6 Å². The molecule has 0 aliphatic rings. The summed E-state index contributed by atoms with van der Waals surface area (Å²) in [6.07, 6.45) is 0. The van der Waals surface area contributed by atoms with Crippen LogP contribution in [-0.2, 0) is 12.9 Å². The van der Waals surface area contributed by atoms with Crippen LogP contribution in [0.3, 0.4) is 0 Å². The molecule has 0 aliphatic heterocycles. The molecule has 2 heterocycles. The molecule has 5 heteroatoms. The molecule has 18 heavy (non-hydrogen) atoms. The Morgan fingerprint density at radius 3 is 2.61 bits per heavy atom. The summed E-state index contributed by atoms with van der Waals surface area (Å²) < 4.78 is 3.91. The average Bonchev–Trinajstić information content (AvgIpc) is 2.90. The molecule has 0 N–H and O–H groups in total. The van der Waals surface area contributed by atoms with Crippen LogP contribution in [0.4, 0.5) is 0 Å². The van der Waals surface area contributed by atoms with Crippen LogP contribution in [-0.4, -0.2) is 19.3 Å². The van der Waals surface area contributed by atoms with Gasteiger partial charge in [-0.25, -0.2) is 9.67 Å². The molecule has 0 saturated heterocycles. The topological polar surface area (TPSA) is 35.6 Å². The van der Waals surface area contributed by atoms with Gasteiger partial charge in [0.25, 0.3) is 0 Å². The first-order valence-electron chi connectivity index (χ1n) is 5.74. The quantitative estimate of drug-likeness (QED) is 0.664. The number of rotatable bonds is 2. The number of aryl methyl sites for hydroxylation is 2. The maximum Gasteiger partial charge on any atom is 0.163 e. The third-order valence-corrected chi connectivity index (χ3v) is 3.24. The molecule has 0 spiro atoms. The van der Waals surface area contributed by atoms with Gasteiger partial charge in [0, 0.05) is 12.7 Å². The molecule has 0 amide bonds. The second kappa shape index (κ2) is 4.14. The zero-order valence-electron chi connectivity index (χ0n) is 10.3. The van der Waals surface area contributed by atoms with Gasteiger partial charge in [0.15, 0.2) is 5.65 Å². The number of hydrogen-bond acceptors (Lipinski definition) is 2. The van der Waals surface area contributed by atoms with Gasteiger partial charge in [0.1, 0.15) is 11.3 Å². The van der Waals surface area contributed by atoms with E-state index in [1.165, 1.54) is 0 Å². The molecule has 0 fully saturated rings. The van der Waals surface area contributed by atoms with E-state index in [2.05, 4.69) is 14.6 Å². The van der Waals surface area contributed by atoms with Crippen molar-refractivity contribution < 1.29 is 0 Å². The second-order valence-corrected chi connectivity index (χ2v) is 4.48. The summed E-state index contributed by atoms with van der Waals surface area (Å²) in [6.45, 7) is 1.96. The van der Waals surface area contributed by atoms with Crippen LogP contribution < -0.4 is 0 Å². The molecule has 0 bridgehead atoms. The van der Waals surface area contributed by atoms with E-state index in [1.807, 2.05) is 49.0 Å². The number of imidazole rings is 1. The number of fused-ring (bicyclic) bond motifs is 1. The van der Waals surface area contributed by atoms with Gasteiger partial charge in [-0.3, -0.25) is 4.57 Å². The van der Waals surface area contributed by atoms with Crippen molar-refractivity contribution in [3.05, 3.63) is 41.9 Å². The Hall–Kier alpha value is -1.81. The molecule has 92 valence electrons. The first-order valence-corrected chi connectivity index (χ1v) is 6.28. The number of nitrogens with zero attached hydrogens (tertiary/aromatic N) is 4. The van der Waals surface area contributed by atoms with Crippen molar-refractivity contribution in [2.75, 3.05) is 0 Å². The normalized spacial score (nSPS) is 11.3. The summed E-state index contributed by atoms with van der Waals surface area (Å²) in [7, 11) is 1.93. The summed E-state index contributed by atoms with van der Waals surface area (Å²) in [4.78, 5) is 4.58. The molecule has 0 saturated carbocycles. The third-order valence-electron chi connectivity index (χ3n) is 3.01. The van der Waals surface area contributed by atoms with Crippen molar-refractivity contribution in [2.45, 2.75) is 12.8 Å². The molecule has 0 unspecified atom stereocenters. The van der Waals surface area contributed by atoms with Gasteiger partial charge in [-0.1, -0.05) is 18.2 Å². The van der Waals surface area contributed by atoms with Gasteiger partial charge in [0.05, 0.1) is 11.6 Å². The Morgan fingerprint density at radius 2 is 1.94 bits per heavy atom. The molecular formula is C13H13ClN4. The Bertz CT molecular complexity index is 697. The molecule has 1 aromatic carbocycles. The SMILES string of the molecule is Cc1nn(C)c2c1nc(CCl)n2-c1ccccc1. The highest BCUT2D eigenvalue weighted by atomic mass is 35.5. The Morgan fingerprint density at radius 1 is 1.22 bits per heavy atom. The fourth-order valence-corrected chi connectivity index (χ4v) is 2.43. The van der Waals surface area contributed by atoms with Crippen LogP contribution in [0.2, 0.25) is 0 Å². The maximum absolute atomic E-state index is 6.00. The number of alkyl halides is 1. The van der Waals surface area contributed by atoms with Crippen molar-refractivity contribution >= 4 is 22.8 Å². The standard InChI is InChI=1S/C13H13ClN4/c1-9-12-13(17(2)16-9)18(11(8-14)15-12)10-6-4-3-5-7-10/h3-7H,8H2,1-2H3. The summed E-state index contributed by atoms with van der Waals surface area (Å²) in [5, 5.41) is 4.40. The van der Waals surface area contributed by atoms with Crippen molar-refractivity contribution in [1.29, 1.82) is 0 Å². The molecule has 0 atom stereocenters. The number of hydrogen-bond donors (Lipinski definition) is 0. The molecule has 4 nitrogen and oxygen atoms in total. The largest absolute Gasteiger partial charge is 0.280 e. The number of halogens is 1. The van der Waals surface area contributed by atoms with E-state index in [0.29, 0.717) is 5.88 Å². The summed E-state index contributed by atoms with van der Waals surface area (Å²) in [5.41, 5.74) is 3.87. The first-order chi connectivity index (χ1) is 8.72.